The third-order valence-electron chi connectivity index (χ3n) is 2.11. The molecule has 16 heavy (non-hydrogen) atoms. The number of carbonyl (C=O) groups is 1. The molecular formula is C10H13NO5. The maximum atomic E-state index is 11.2. The Morgan fingerprint density at radius 3 is 2.50 bits per heavy atom. The molecule has 0 spiro atoms. The molecule has 0 aliphatic carbocycles. The molecule has 0 aromatic heterocycles. The number of benzene rings is 1. The van der Waals surface area contributed by atoms with Gasteiger partial charge in [0, 0.05) is 0 Å². The number of ether oxygens (including phenoxy) is 2. The van der Waals surface area contributed by atoms with E-state index in [2.05, 4.69) is 4.74 Å². The predicted octanol–water partition coefficient (Wildman–Crippen LogP) is 0.279. The third kappa shape index (κ3) is 2.17. The van der Waals surface area contributed by atoms with Gasteiger partial charge in [0.25, 0.3) is 0 Å². The van der Waals surface area contributed by atoms with Crippen LogP contribution in [0.2, 0.25) is 0 Å². The second-order valence-electron chi connectivity index (χ2n) is 3.09. The quantitative estimate of drug-likeness (QED) is 0.506. The number of hydrogen-bond donors (Lipinski definition) is 3. The first-order valence-electron chi connectivity index (χ1n) is 4.44. The van der Waals surface area contributed by atoms with Gasteiger partial charge in [-0.15, -0.1) is 0 Å². The lowest BCUT2D eigenvalue weighted by Gasteiger charge is -2.12. The zero-order valence-electron chi connectivity index (χ0n) is 8.93. The van der Waals surface area contributed by atoms with Crippen molar-refractivity contribution in [2.24, 2.45) is 5.73 Å². The summed E-state index contributed by atoms with van der Waals surface area (Å²) in [6, 6.07) is 1.50. The summed E-state index contributed by atoms with van der Waals surface area (Å²) in [7, 11) is 2.53. The highest BCUT2D eigenvalue weighted by molar-refractivity contribution is 5.78. The highest BCUT2D eigenvalue weighted by Gasteiger charge is 2.20. The molecule has 0 saturated carbocycles. The molecule has 0 aliphatic heterocycles. The van der Waals surface area contributed by atoms with Crippen molar-refractivity contribution < 1.29 is 24.5 Å². The maximum absolute atomic E-state index is 11.2. The van der Waals surface area contributed by atoms with Crippen LogP contribution < -0.4 is 10.5 Å². The van der Waals surface area contributed by atoms with Crippen molar-refractivity contribution in [1.29, 1.82) is 0 Å². The van der Waals surface area contributed by atoms with Gasteiger partial charge in [-0.1, -0.05) is 0 Å². The van der Waals surface area contributed by atoms with E-state index in [0.717, 1.165) is 0 Å². The second kappa shape index (κ2) is 4.71. The van der Waals surface area contributed by atoms with Crippen LogP contribution in [0.3, 0.4) is 0 Å². The fraction of sp³-hybridized carbons (Fsp3) is 0.300. The molecule has 6 heteroatoms. The molecular weight excluding hydrogens is 214 g/mol. The van der Waals surface area contributed by atoms with Crippen molar-refractivity contribution in [1.82, 2.24) is 0 Å². The Bertz CT molecular complexity index is 404. The molecule has 0 bridgehead atoms. The molecule has 6 nitrogen and oxygen atoms in total. The highest BCUT2D eigenvalue weighted by atomic mass is 16.5. The van der Waals surface area contributed by atoms with Crippen molar-refractivity contribution in [3.63, 3.8) is 0 Å². The smallest absolute Gasteiger partial charge is 0.327 e. The zero-order valence-corrected chi connectivity index (χ0v) is 8.93. The number of hydrogen-bond acceptors (Lipinski definition) is 6. The summed E-state index contributed by atoms with van der Waals surface area (Å²) in [6.45, 7) is 0. The third-order valence-corrected chi connectivity index (χ3v) is 2.11. The lowest BCUT2D eigenvalue weighted by Crippen LogP contribution is -2.22. The summed E-state index contributed by atoms with van der Waals surface area (Å²) in [5.74, 6) is -1.42. The molecule has 88 valence electrons. The number of methoxy groups -OCH3 is 2. The standard InChI is InChI=1S/C10H13NO5/c1-15-7-4-5(3-6(12)9(7)13)8(11)10(14)16-2/h3-4,8,12-13H,11H2,1-2H3. The molecule has 0 aliphatic rings. The number of aromatic hydroxyl groups is 2. The summed E-state index contributed by atoms with van der Waals surface area (Å²) >= 11 is 0. The zero-order chi connectivity index (χ0) is 12.3. The van der Waals surface area contributed by atoms with Gasteiger partial charge in [-0.3, -0.25) is 4.79 Å². The van der Waals surface area contributed by atoms with Crippen molar-refractivity contribution in [3.8, 4) is 17.2 Å². The Morgan fingerprint density at radius 2 is 2.00 bits per heavy atom. The van der Waals surface area contributed by atoms with Crippen molar-refractivity contribution in [2.75, 3.05) is 14.2 Å². The van der Waals surface area contributed by atoms with Crippen molar-refractivity contribution in [3.05, 3.63) is 17.7 Å². The van der Waals surface area contributed by atoms with Gasteiger partial charge in [-0.25, -0.2) is 0 Å². The Morgan fingerprint density at radius 1 is 1.38 bits per heavy atom. The first-order chi connectivity index (χ1) is 7.51. The van der Waals surface area contributed by atoms with Crippen LogP contribution in [-0.4, -0.2) is 30.4 Å². The molecule has 0 amide bonds. The predicted molar refractivity (Wildman–Crippen MR) is 55.3 cm³/mol. The summed E-state index contributed by atoms with van der Waals surface area (Å²) < 4.78 is 9.27. The van der Waals surface area contributed by atoms with E-state index < -0.39 is 23.5 Å². The molecule has 0 radical (unpaired) electrons. The summed E-state index contributed by atoms with van der Waals surface area (Å²) in [4.78, 5) is 11.2. The Labute approximate surface area is 92.2 Å². The Balaban J connectivity index is 3.16. The van der Waals surface area contributed by atoms with Crippen LogP contribution in [0.25, 0.3) is 0 Å². The van der Waals surface area contributed by atoms with E-state index in [4.69, 9.17) is 10.5 Å². The lowest BCUT2D eigenvalue weighted by molar-refractivity contribution is -0.142. The van der Waals surface area contributed by atoms with Crippen LogP contribution in [0.1, 0.15) is 11.6 Å². The number of carbonyl (C=O) groups excluding carboxylic acids is 1. The fourth-order valence-corrected chi connectivity index (χ4v) is 1.21. The average molecular weight is 227 g/mol. The van der Waals surface area contributed by atoms with Gasteiger partial charge < -0.3 is 25.4 Å². The highest BCUT2D eigenvalue weighted by Crippen LogP contribution is 2.37. The largest absolute Gasteiger partial charge is 0.504 e. The fourth-order valence-electron chi connectivity index (χ4n) is 1.21. The van der Waals surface area contributed by atoms with Gasteiger partial charge >= 0.3 is 5.97 Å². The molecule has 4 N–H and O–H groups in total. The van der Waals surface area contributed by atoms with Gasteiger partial charge in [0.05, 0.1) is 14.2 Å². The van der Waals surface area contributed by atoms with Crippen LogP contribution >= 0.6 is 0 Å². The van der Waals surface area contributed by atoms with E-state index in [1.807, 2.05) is 0 Å². The van der Waals surface area contributed by atoms with Gasteiger partial charge in [0.15, 0.2) is 11.5 Å². The summed E-state index contributed by atoms with van der Waals surface area (Å²) in [5.41, 5.74) is 5.86. The first kappa shape index (κ1) is 12.1. The van der Waals surface area contributed by atoms with Gasteiger partial charge in [0.1, 0.15) is 6.04 Å². The van der Waals surface area contributed by atoms with E-state index >= 15 is 0 Å². The summed E-state index contributed by atoms with van der Waals surface area (Å²) in [6.07, 6.45) is 0. The van der Waals surface area contributed by atoms with Gasteiger partial charge in [-0.2, -0.15) is 0 Å². The monoisotopic (exact) mass is 227 g/mol. The SMILES string of the molecule is COC(=O)C(N)c1cc(O)c(O)c(OC)c1. The average Bonchev–Trinajstić information content (AvgIpc) is 2.30. The molecule has 1 atom stereocenters. The van der Waals surface area contributed by atoms with Gasteiger partial charge in [0.2, 0.25) is 5.75 Å². The van der Waals surface area contributed by atoms with Gasteiger partial charge in [-0.05, 0) is 17.7 Å². The van der Waals surface area contributed by atoms with Crippen LogP contribution in [-0.2, 0) is 9.53 Å². The summed E-state index contributed by atoms with van der Waals surface area (Å²) in [5, 5.41) is 18.7. The van der Waals surface area contributed by atoms with E-state index in [1.165, 1.54) is 26.4 Å². The molecule has 1 unspecified atom stereocenters. The number of rotatable bonds is 3. The van der Waals surface area contributed by atoms with E-state index in [-0.39, 0.29) is 5.75 Å². The Kier molecular flexibility index (Phi) is 3.57. The normalized spacial score (nSPS) is 11.9. The van der Waals surface area contributed by atoms with E-state index in [0.29, 0.717) is 5.56 Å². The molecule has 1 rings (SSSR count). The molecule has 0 heterocycles. The van der Waals surface area contributed by atoms with Crippen LogP contribution in [0.4, 0.5) is 0 Å². The minimum Gasteiger partial charge on any atom is -0.504 e. The molecule has 1 aromatic rings. The van der Waals surface area contributed by atoms with Crippen LogP contribution in [0, 0.1) is 0 Å². The molecule has 0 fully saturated rings. The minimum atomic E-state index is -1.04. The first-order valence-corrected chi connectivity index (χ1v) is 4.44. The number of esters is 1. The van der Waals surface area contributed by atoms with E-state index in [1.54, 1.807) is 0 Å². The number of phenols is 2. The Hall–Kier alpha value is -1.95. The van der Waals surface area contributed by atoms with Crippen molar-refractivity contribution in [2.45, 2.75) is 6.04 Å². The topological polar surface area (TPSA) is 102 Å². The second-order valence-corrected chi connectivity index (χ2v) is 3.09. The number of phenolic OH excluding ortho intramolecular Hbond substituents is 2. The van der Waals surface area contributed by atoms with Crippen molar-refractivity contribution >= 4 is 5.97 Å². The maximum Gasteiger partial charge on any atom is 0.327 e. The minimum absolute atomic E-state index is 0.0364. The molecule has 0 saturated heterocycles. The molecule has 1 aromatic carbocycles. The van der Waals surface area contributed by atoms with Crippen LogP contribution in [0.5, 0.6) is 17.2 Å². The lowest BCUT2D eigenvalue weighted by atomic mass is 10.1. The van der Waals surface area contributed by atoms with Crippen LogP contribution in [0.15, 0.2) is 12.1 Å². The number of nitrogens with two attached hydrogens (primary N) is 1. The van der Waals surface area contributed by atoms with E-state index in [9.17, 15) is 15.0 Å².